The van der Waals surface area contributed by atoms with Crippen LogP contribution in [0.3, 0.4) is 0 Å². The molecule has 3 nitrogen and oxygen atoms in total. The summed E-state index contributed by atoms with van der Waals surface area (Å²) >= 11 is 0. The van der Waals surface area contributed by atoms with Crippen molar-refractivity contribution >= 4 is 16.7 Å². The monoisotopic (exact) mass is 269 g/mol. The molecule has 0 aliphatic heterocycles. The standard InChI is InChI=1S/C16H16FN3/c1-20-15-10-13(18)7-8-14(15)19-16(20)9-4-11-2-5-12(17)6-3-11/h2-3,5-8,10H,4,9,18H2,1H3. The van der Waals surface area contributed by atoms with E-state index in [1.807, 2.05) is 37.4 Å². The molecule has 0 unspecified atom stereocenters. The molecule has 2 aromatic carbocycles. The molecule has 0 aliphatic carbocycles. The van der Waals surface area contributed by atoms with Crippen molar-refractivity contribution in [3.63, 3.8) is 0 Å². The van der Waals surface area contributed by atoms with E-state index >= 15 is 0 Å². The Balaban J connectivity index is 1.84. The second kappa shape index (κ2) is 4.96. The van der Waals surface area contributed by atoms with E-state index in [1.54, 1.807) is 0 Å². The van der Waals surface area contributed by atoms with Crippen LogP contribution in [0.4, 0.5) is 10.1 Å². The highest BCUT2D eigenvalue weighted by molar-refractivity contribution is 5.79. The van der Waals surface area contributed by atoms with Crippen molar-refractivity contribution in [3.8, 4) is 0 Å². The van der Waals surface area contributed by atoms with E-state index in [-0.39, 0.29) is 5.82 Å². The van der Waals surface area contributed by atoms with E-state index in [9.17, 15) is 4.39 Å². The smallest absolute Gasteiger partial charge is 0.123 e. The first-order valence-electron chi connectivity index (χ1n) is 6.59. The molecule has 0 atom stereocenters. The summed E-state index contributed by atoms with van der Waals surface area (Å²) in [4.78, 5) is 4.62. The molecule has 1 aromatic heterocycles. The van der Waals surface area contributed by atoms with Gasteiger partial charge in [0.1, 0.15) is 11.6 Å². The number of anilines is 1. The van der Waals surface area contributed by atoms with E-state index < -0.39 is 0 Å². The highest BCUT2D eigenvalue weighted by atomic mass is 19.1. The number of nitrogens with zero attached hydrogens (tertiary/aromatic N) is 2. The van der Waals surface area contributed by atoms with E-state index in [0.717, 1.165) is 41.0 Å². The summed E-state index contributed by atoms with van der Waals surface area (Å²) in [6.45, 7) is 0. The van der Waals surface area contributed by atoms with Crippen molar-refractivity contribution < 1.29 is 4.39 Å². The third-order valence-electron chi connectivity index (χ3n) is 3.55. The van der Waals surface area contributed by atoms with Gasteiger partial charge in [0.05, 0.1) is 11.0 Å². The number of rotatable bonds is 3. The number of nitrogen functional groups attached to an aromatic ring is 1. The number of hydrogen-bond donors (Lipinski definition) is 1. The number of halogens is 1. The van der Waals surface area contributed by atoms with Gasteiger partial charge in [-0.3, -0.25) is 0 Å². The molecule has 0 bridgehead atoms. The van der Waals surface area contributed by atoms with Gasteiger partial charge in [0.2, 0.25) is 0 Å². The predicted molar refractivity (Wildman–Crippen MR) is 78.9 cm³/mol. The number of aromatic nitrogens is 2. The molecule has 1 heterocycles. The largest absolute Gasteiger partial charge is 0.399 e. The van der Waals surface area contributed by atoms with Gasteiger partial charge in [0.25, 0.3) is 0 Å². The first-order valence-corrected chi connectivity index (χ1v) is 6.59. The number of nitrogens with two attached hydrogens (primary N) is 1. The van der Waals surface area contributed by atoms with Gasteiger partial charge in [-0.25, -0.2) is 9.37 Å². The predicted octanol–water partition coefficient (Wildman–Crippen LogP) is 3.08. The average Bonchev–Trinajstić information content (AvgIpc) is 2.75. The first-order chi connectivity index (χ1) is 9.63. The molecule has 4 heteroatoms. The van der Waals surface area contributed by atoms with E-state index in [1.165, 1.54) is 12.1 Å². The Morgan fingerprint density at radius 1 is 1.10 bits per heavy atom. The topological polar surface area (TPSA) is 43.8 Å². The molecular formula is C16H16FN3. The van der Waals surface area contributed by atoms with Crippen molar-refractivity contribution in [1.82, 2.24) is 9.55 Å². The van der Waals surface area contributed by atoms with E-state index in [2.05, 4.69) is 9.55 Å². The molecule has 0 aliphatic rings. The zero-order chi connectivity index (χ0) is 14.1. The molecule has 3 aromatic rings. The van der Waals surface area contributed by atoms with Gasteiger partial charge in [0, 0.05) is 19.2 Å². The Morgan fingerprint density at radius 2 is 1.85 bits per heavy atom. The molecule has 0 spiro atoms. The lowest BCUT2D eigenvalue weighted by Gasteiger charge is -2.03. The number of imidazole rings is 1. The minimum atomic E-state index is -0.202. The van der Waals surface area contributed by atoms with Gasteiger partial charge in [-0.05, 0) is 42.3 Å². The lowest BCUT2D eigenvalue weighted by molar-refractivity contribution is 0.626. The normalized spacial score (nSPS) is 11.1. The van der Waals surface area contributed by atoms with Gasteiger partial charge >= 0.3 is 0 Å². The lowest BCUT2D eigenvalue weighted by Crippen LogP contribution is -2.00. The summed E-state index contributed by atoms with van der Waals surface area (Å²) in [7, 11) is 1.99. The van der Waals surface area contributed by atoms with Crippen LogP contribution >= 0.6 is 0 Å². The maximum atomic E-state index is 12.9. The fraction of sp³-hybridized carbons (Fsp3) is 0.188. The zero-order valence-electron chi connectivity index (χ0n) is 11.3. The van der Waals surface area contributed by atoms with Gasteiger partial charge in [-0.15, -0.1) is 0 Å². The van der Waals surface area contributed by atoms with Crippen LogP contribution in [0.5, 0.6) is 0 Å². The Morgan fingerprint density at radius 3 is 2.60 bits per heavy atom. The molecule has 20 heavy (non-hydrogen) atoms. The first kappa shape index (κ1) is 12.7. The SMILES string of the molecule is Cn1c(CCc2ccc(F)cc2)nc2ccc(N)cc21. The van der Waals surface area contributed by atoms with Crippen LogP contribution < -0.4 is 5.73 Å². The molecule has 0 amide bonds. The minimum absolute atomic E-state index is 0.202. The van der Waals surface area contributed by atoms with Gasteiger partial charge < -0.3 is 10.3 Å². The maximum Gasteiger partial charge on any atom is 0.123 e. The number of benzene rings is 2. The van der Waals surface area contributed by atoms with Crippen LogP contribution in [-0.4, -0.2) is 9.55 Å². The summed E-state index contributed by atoms with van der Waals surface area (Å²) in [6, 6.07) is 12.3. The van der Waals surface area contributed by atoms with Crippen molar-refractivity contribution in [1.29, 1.82) is 0 Å². The summed E-state index contributed by atoms with van der Waals surface area (Å²) in [5, 5.41) is 0. The molecule has 102 valence electrons. The number of aryl methyl sites for hydroxylation is 3. The van der Waals surface area contributed by atoms with Crippen LogP contribution in [0.2, 0.25) is 0 Å². The third-order valence-corrected chi connectivity index (χ3v) is 3.55. The van der Waals surface area contributed by atoms with Crippen molar-refractivity contribution in [3.05, 3.63) is 59.7 Å². The molecular weight excluding hydrogens is 253 g/mol. The van der Waals surface area contributed by atoms with Crippen LogP contribution in [0.25, 0.3) is 11.0 Å². The van der Waals surface area contributed by atoms with Crippen molar-refractivity contribution in [2.45, 2.75) is 12.8 Å². The summed E-state index contributed by atoms with van der Waals surface area (Å²) < 4.78 is 14.9. The summed E-state index contributed by atoms with van der Waals surface area (Å²) in [6.07, 6.45) is 1.66. The van der Waals surface area contributed by atoms with Crippen LogP contribution in [0.15, 0.2) is 42.5 Å². The molecule has 0 fully saturated rings. The number of fused-ring (bicyclic) bond motifs is 1. The van der Waals surface area contributed by atoms with Gasteiger partial charge in [-0.2, -0.15) is 0 Å². The molecule has 0 radical (unpaired) electrons. The van der Waals surface area contributed by atoms with E-state index in [0.29, 0.717) is 0 Å². The van der Waals surface area contributed by atoms with Crippen LogP contribution in [0.1, 0.15) is 11.4 Å². The average molecular weight is 269 g/mol. The van der Waals surface area contributed by atoms with Crippen LogP contribution in [0, 0.1) is 5.82 Å². The van der Waals surface area contributed by atoms with Crippen molar-refractivity contribution in [2.75, 3.05) is 5.73 Å². The summed E-state index contributed by atoms with van der Waals surface area (Å²) in [5.41, 5.74) is 9.65. The van der Waals surface area contributed by atoms with Crippen molar-refractivity contribution in [2.24, 2.45) is 7.05 Å². The third kappa shape index (κ3) is 2.37. The van der Waals surface area contributed by atoms with Crippen LogP contribution in [-0.2, 0) is 19.9 Å². The second-order valence-electron chi connectivity index (χ2n) is 4.96. The Kier molecular flexibility index (Phi) is 3.14. The quantitative estimate of drug-likeness (QED) is 0.743. The zero-order valence-corrected chi connectivity index (χ0v) is 11.3. The Labute approximate surface area is 116 Å². The Hall–Kier alpha value is -2.36. The Bertz CT molecular complexity index is 744. The molecule has 3 rings (SSSR count). The lowest BCUT2D eigenvalue weighted by atomic mass is 10.1. The molecule has 2 N–H and O–H groups in total. The highest BCUT2D eigenvalue weighted by Gasteiger charge is 2.08. The van der Waals surface area contributed by atoms with Gasteiger partial charge in [-0.1, -0.05) is 12.1 Å². The second-order valence-corrected chi connectivity index (χ2v) is 4.96. The number of hydrogen-bond acceptors (Lipinski definition) is 2. The van der Waals surface area contributed by atoms with E-state index in [4.69, 9.17) is 5.73 Å². The van der Waals surface area contributed by atoms with Gasteiger partial charge in [0.15, 0.2) is 0 Å². The highest BCUT2D eigenvalue weighted by Crippen LogP contribution is 2.19. The minimum Gasteiger partial charge on any atom is -0.399 e. The molecule has 0 saturated carbocycles. The fourth-order valence-corrected chi connectivity index (χ4v) is 2.39. The maximum absolute atomic E-state index is 12.9. The molecule has 0 saturated heterocycles. The summed E-state index contributed by atoms with van der Waals surface area (Å²) in [5.74, 6) is 0.807. The fourth-order valence-electron chi connectivity index (χ4n) is 2.39.